The summed E-state index contributed by atoms with van der Waals surface area (Å²) in [5.41, 5.74) is 8.96. The van der Waals surface area contributed by atoms with Crippen LogP contribution in [0, 0.1) is 0 Å². The molecule has 0 atom stereocenters. The minimum atomic E-state index is 0.497. The fourth-order valence-electron chi connectivity index (χ4n) is 1.56. The van der Waals surface area contributed by atoms with Gasteiger partial charge in [0.1, 0.15) is 0 Å². The minimum Gasteiger partial charge on any atom is -0.381 e. The second-order valence-electron chi connectivity index (χ2n) is 3.72. The summed E-state index contributed by atoms with van der Waals surface area (Å²) in [6.07, 6.45) is 3.56. The number of rotatable bonds is 4. The summed E-state index contributed by atoms with van der Waals surface area (Å²) < 4.78 is 1.09. The second-order valence-corrected chi connectivity index (χ2v) is 4.63. The Balaban J connectivity index is 2.04. The van der Waals surface area contributed by atoms with Crippen molar-refractivity contribution in [2.75, 3.05) is 5.32 Å². The van der Waals surface area contributed by atoms with Gasteiger partial charge in [-0.15, -0.1) is 0 Å². The van der Waals surface area contributed by atoms with E-state index in [4.69, 9.17) is 5.73 Å². The van der Waals surface area contributed by atoms with Gasteiger partial charge in [-0.1, -0.05) is 28.1 Å². The highest BCUT2D eigenvalue weighted by molar-refractivity contribution is 9.10. The smallest absolute Gasteiger partial charge is 0.0419 e. The topological polar surface area (TPSA) is 50.9 Å². The minimum absolute atomic E-state index is 0.497. The number of nitrogens with zero attached hydrogens (tertiary/aromatic N) is 1. The van der Waals surface area contributed by atoms with Crippen LogP contribution in [0.4, 0.5) is 5.69 Å². The summed E-state index contributed by atoms with van der Waals surface area (Å²) in [5, 5.41) is 3.36. The van der Waals surface area contributed by atoms with Gasteiger partial charge in [0.25, 0.3) is 0 Å². The first-order valence-electron chi connectivity index (χ1n) is 5.41. The van der Waals surface area contributed by atoms with Gasteiger partial charge in [0.2, 0.25) is 0 Å². The van der Waals surface area contributed by atoms with E-state index in [1.807, 2.05) is 18.2 Å². The molecule has 0 fully saturated rings. The third kappa shape index (κ3) is 3.28. The molecule has 4 heteroatoms. The lowest BCUT2D eigenvalue weighted by molar-refractivity contribution is 1.03. The summed E-state index contributed by atoms with van der Waals surface area (Å²) in [6, 6.07) is 10.2. The lowest BCUT2D eigenvalue weighted by Gasteiger charge is -2.10. The number of pyridine rings is 1. The first-order valence-corrected chi connectivity index (χ1v) is 6.20. The third-order valence-electron chi connectivity index (χ3n) is 2.52. The summed E-state index contributed by atoms with van der Waals surface area (Å²) in [4.78, 5) is 4.06. The molecule has 3 nitrogen and oxygen atoms in total. The molecule has 0 saturated heterocycles. The first kappa shape index (κ1) is 12.1. The molecule has 0 amide bonds. The number of anilines is 1. The molecule has 1 aromatic heterocycles. The molecular formula is C13H14BrN3. The van der Waals surface area contributed by atoms with Crippen molar-refractivity contribution >= 4 is 21.6 Å². The highest BCUT2D eigenvalue weighted by atomic mass is 79.9. The number of nitrogens with one attached hydrogen (secondary N) is 1. The zero-order chi connectivity index (χ0) is 12.1. The maximum Gasteiger partial charge on any atom is 0.0419 e. The molecule has 2 rings (SSSR count). The molecule has 3 N–H and O–H groups in total. The maximum atomic E-state index is 5.65. The Labute approximate surface area is 109 Å². The van der Waals surface area contributed by atoms with Gasteiger partial charge >= 0.3 is 0 Å². The van der Waals surface area contributed by atoms with Crippen molar-refractivity contribution in [1.82, 2.24) is 4.98 Å². The van der Waals surface area contributed by atoms with E-state index in [1.54, 1.807) is 12.4 Å². The molecule has 0 radical (unpaired) electrons. The van der Waals surface area contributed by atoms with Gasteiger partial charge in [0, 0.05) is 41.2 Å². The molecule has 0 spiro atoms. The monoisotopic (exact) mass is 291 g/mol. The van der Waals surface area contributed by atoms with Gasteiger partial charge in [-0.2, -0.15) is 0 Å². The zero-order valence-electron chi connectivity index (χ0n) is 9.36. The van der Waals surface area contributed by atoms with E-state index >= 15 is 0 Å². The van der Waals surface area contributed by atoms with Crippen LogP contribution in [-0.4, -0.2) is 4.98 Å². The van der Waals surface area contributed by atoms with Crippen LogP contribution in [-0.2, 0) is 13.1 Å². The summed E-state index contributed by atoms with van der Waals surface area (Å²) in [6.45, 7) is 1.28. The summed E-state index contributed by atoms with van der Waals surface area (Å²) >= 11 is 3.42. The number of aromatic nitrogens is 1. The molecule has 2 aromatic rings. The van der Waals surface area contributed by atoms with Crippen molar-refractivity contribution < 1.29 is 0 Å². The van der Waals surface area contributed by atoms with E-state index in [2.05, 4.69) is 38.4 Å². The van der Waals surface area contributed by atoms with E-state index in [9.17, 15) is 0 Å². The highest BCUT2D eigenvalue weighted by Crippen LogP contribution is 2.15. The van der Waals surface area contributed by atoms with Gasteiger partial charge in [-0.05, 0) is 23.8 Å². The van der Waals surface area contributed by atoms with Crippen LogP contribution >= 0.6 is 15.9 Å². The van der Waals surface area contributed by atoms with Gasteiger partial charge in [0.05, 0.1) is 0 Å². The lowest BCUT2D eigenvalue weighted by Crippen LogP contribution is -2.05. The third-order valence-corrected chi connectivity index (χ3v) is 3.05. The molecule has 88 valence electrons. The van der Waals surface area contributed by atoms with E-state index in [-0.39, 0.29) is 0 Å². The number of hydrogen-bond donors (Lipinski definition) is 2. The number of hydrogen-bond acceptors (Lipinski definition) is 3. The molecule has 1 aromatic carbocycles. The van der Waals surface area contributed by atoms with Crippen molar-refractivity contribution in [3.05, 3.63) is 58.3 Å². The molecule has 0 aliphatic heterocycles. The number of halogens is 1. The number of benzene rings is 1. The maximum absolute atomic E-state index is 5.65. The van der Waals surface area contributed by atoms with E-state index in [1.165, 1.54) is 5.56 Å². The van der Waals surface area contributed by atoms with Crippen molar-refractivity contribution in [3.63, 3.8) is 0 Å². The molecule has 1 heterocycles. The molecule has 0 aliphatic rings. The normalized spacial score (nSPS) is 10.2. The summed E-state index contributed by atoms with van der Waals surface area (Å²) in [5.74, 6) is 0. The van der Waals surface area contributed by atoms with Gasteiger partial charge < -0.3 is 11.1 Å². The van der Waals surface area contributed by atoms with Crippen LogP contribution in [0.15, 0.2) is 47.2 Å². The predicted octanol–water partition coefficient (Wildman–Crippen LogP) is 2.91. The Bertz CT molecular complexity index is 482. The second kappa shape index (κ2) is 5.80. The zero-order valence-corrected chi connectivity index (χ0v) is 10.9. The Kier molecular flexibility index (Phi) is 4.12. The highest BCUT2D eigenvalue weighted by Gasteiger charge is 2.00. The fourth-order valence-corrected chi connectivity index (χ4v) is 1.83. The molecule has 0 saturated carbocycles. The van der Waals surface area contributed by atoms with Crippen LogP contribution in [0.3, 0.4) is 0 Å². The Hall–Kier alpha value is -1.39. The van der Waals surface area contributed by atoms with Crippen LogP contribution in [0.2, 0.25) is 0 Å². The van der Waals surface area contributed by atoms with Crippen molar-refractivity contribution in [2.24, 2.45) is 5.73 Å². The van der Waals surface area contributed by atoms with Crippen molar-refractivity contribution in [3.8, 4) is 0 Å². The Morgan fingerprint density at radius 2 is 1.94 bits per heavy atom. The molecule has 17 heavy (non-hydrogen) atoms. The quantitative estimate of drug-likeness (QED) is 0.911. The van der Waals surface area contributed by atoms with Crippen molar-refractivity contribution in [1.29, 1.82) is 0 Å². The predicted molar refractivity (Wildman–Crippen MR) is 73.6 cm³/mol. The average molecular weight is 292 g/mol. The van der Waals surface area contributed by atoms with Crippen LogP contribution < -0.4 is 11.1 Å². The van der Waals surface area contributed by atoms with Gasteiger partial charge in [-0.25, -0.2) is 0 Å². The van der Waals surface area contributed by atoms with E-state index < -0.39 is 0 Å². The molecule has 0 aliphatic carbocycles. The standard InChI is InChI=1S/C13H14BrN3/c14-12-3-1-10(2-4-12)8-17-13-5-6-16-9-11(13)7-15/h1-6,9H,7-8,15H2,(H,16,17). The number of nitrogens with two attached hydrogens (primary N) is 1. The van der Waals surface area contributed by atoms with E-state index in [0.717, 1.165) is 22.3 Å². The largest absolute Gasteiger partial charge is 0.381 e. The Morgan fingerprint density at radius 3 is 2.65 bits per heavy atom. The lowest BCUT2D eigenvalue weighted by atomic mass is 10.2. The first-order chi connectivity index (χ1) is 8.29. The molecule has 0 unspecified atom stereocenters. The van der Waals surface area contributed by atoms with Crippen LogP contribution in [0.1, 0.15) is 11.1 Å². The fraction of sp³-hybridized carbons (Fsp3) is 0.154. The molecule has 0 bridgehead atoms. The SMILES string of the molecule is NCc1cnccc1NCc1ccc(Br)cc1. The van der Waals surface area contributed by atoms with Gasteiger partial charge in [0.15, 0.2) is 0 Å². The Morgan fingerprint density at radius 1 is 1.18 bits per heavy atom. The van der Waals surface area contributed by atoms with Gasteiger partial charge in [-0.3, -0.25) is 4.98 Å². The van der Waals surface area contributed by atoms with Crippen molar-refractivity contribution in [2.45, 2.75) is 13.1 Å². The van der Waals surface area contributed by atoms with Crippen LogP contribution in [0.25, 0.3) is 0 Å². The molecular weight excluding hydrogens is 278 g/mol. The van der Waals surface area contributed by atoms with Crippen LogP contribution in [0.5, 0.6) is 0 Å². The summed E-state index contributed by atoms with van der Waals surface area (Å²) in [7, 11) is 0. The average Bonchev–Trinajstić information content (AvgIpc) is 2.38. The van der Waals surface area contributed by atoms with E-state index in [0.29, 0.717) is 6.54 Å².